The lowest BCUT2D eigenvalue weighted by Crippen LogP contribution is -2.53. The number of fused-ring (bicyclic) bond motifs is 1. The highest BCUT2D eigenvalue weighted by molar-refractivity contribution is 6.30. The average Bonchev–Trinajstić information content (AvgIpc) is 2.92. The lowest BCUT2D eigenvalue weighted by molar-refractivity contribution is -0.148. The topological polar surface area (TPSA) is 53.1 Å². The van der Waals surface area contributed by atoms with Crippen molar-refractivity contribution >= 4 is 23.4 Å². The Bertz CT molecular complexity index is 735. The molecular formula is C21H28ClN3O3. The maximum absolute atomic E-state index is 13.6. The minimum atomic E-state index is -0.388. The van der Waals surface area contributed by atoms with Crippen molar-refractivity contribution in [1.82, 2.24) is 14.7 Å². The first-order valence-electron chi connectivity index (χ1n) is 10.1. The molecule has 4 rings (SSSR count). The summed E-state index contributed by atoms with van der Waals surface area (Å²) in [6, 6.07) is 7.23. The van der Waals surface area contributed by atoms with Gasteiger partial charge in [-0.25, -0.2) is 0 Å². The Hall–Kier alpha value is -1.63. The molecule has 3 heterocycles. The summed E-state index contributed by atoms with van der Waals surface area (Å²) in [7, 11) is 2.11. The van der Waals surface area contributed by atoms with Gasteiger partial charge in [-0.3, -0.25) is 9.59 Å². The molecule has 28 heavy (non-hydrogen) atoms. The van der Waals surface area contributed by atoms with Gasteiger partial charge in [0.1, 0.15) is 0 Å². The van der Waals surface area contributed by atoms with Gasteiger partial charge in [0.2, 0.25) is 5.91 Å². The summed E-state index contributed by atoms with van der Waals surface area (Å²) in [5.41, 5.74) is 0.263. The minimum absolute atomic E-state index is 0.0215. The highest BCUT2D eigenvalue weighted by atomic mass is 35.5. The lowest BCUT2D eigenvalue weighted by Gasteiger charge is -2.39. The largest absolute Gasteiger partial charge is 0.378 e. The van der Waals surface area contributed by atoms with E-state index in [1.54, 1.807) is 24.3 Å². The van der Waals surface area contributed by atoms with Crippen molar-refractivity contribution in [3.8, 4) is 0 Å². The predicted octanol–water partition coefficient (Wildman–Crippen LogP) is 2.13. The second-order valence-electron chi connectivity index (χ2n) is 8.14. The van der Waals surface area contributed by atoms with E-state index in [4.69, 9.17) is 16.3 Å². The Morgan fingerprint density at radius 1 is 1.00 bits per heavy atom. The SMILES string of the molecule is CN1CC[C@@]2(C(=O)N3CCOCC3)CCN(C(=O)c3ccc(Cl)cc3)CC[C@@H]12. The number of rotatable bonds is 2. The molecule has 2 atom stereocenters. The maximum atomic E-state index is 13.6. The van der Waals surface area contributed by atoms with Crippen molar-refractivity contribution in [3.05, 3.63) is 34.9 Å². The van der Waals surface area contributed by atoms with Gasteiger partial charge in [-0.15, -0.1) is 0 Å². The third-order valence-corrected chi connectivity index (χ3v) is 6.94. The summed E-state index contributed by atoms with van der Waals surface area (Å²) in [6.07, 6.45) is 2.41. The Morgan fingerprint density at radius 2 is 1.68 bits per heavy atom. The molecule has 2 amide bonds. The van der Waals surface area contributed by atoms with Gasteiger partial charge in [-0.05, 0) is 57.1 Å². The fraction of sp³-hybridized carbons (Fsp3) is 0.619. The Balaban J connectivity index is 1.54. The number of carbonyl (C=O) groups is 2. The molecule has 0 N–H and O–H groups in total. The molecule has 0 spiro atoms. The van der Waals surface area contributed by atoms with Gasteiger partial charge < -0.3 is 19.4 Å². The van der Waals surface area contributed by atoms with Gasteiger partial charge in [0.25, 0.3) is 5.91 Å². The summed E-state index contributed by atoms with van der Waals surface area (Å²) in [5, 5.41) is 0.624. The molecule has 0 saturated carbocycles. The number of benzene rings is 1. The predicted molar refractivity (Wildman–Crippen MR) is 107 cm³/mol. The van der Waals surface area contributed by atoms with E-state index in [1.165, 1.54) is 0 Å². The maximum Gasteiger partial charge on any atom is 0.253 e. The van der Waals surface area contributed by atoms with Crippen molar-refractivity contribution in [3.63, 3.8) is 0 Å². The van der Waals surface area contributed by atoms with Crippen LogP contribution < -0.4 is 0 Å². The Labute approximate surface area is 171 Å². The quantitative estimate of drug-likeness (QED) is 0.756. The summed E-state index contributed by atoms with van der Waals surface area (Å²) in [4.78, 5) is 32.8. The highest BCUT2D eigenvalue weighted by Crippen LogP contribution is 2.44. The molecule has 152 valence electrons. The number of hydrogen-bond acceptors (Lipinski definition) is 4. The Kier molecular flexibility index (Phi) is 5.63. The molecule has 0 aliphatic carbocycles. The fourth-order valence-electron chi connectivity index (χ4n) is 5.05. The van der Waals surface area contributed by atoms with Crippen LogP contribution in [0.15, 0.2) is 24.3 Å². The van der Waals surface area contributed by atoms with Crippen LogP contribution in [0.5, 0.6) is 0 Å². The van der Waals surface area contributed by atoms with E-state index in [1.807, 2.05) is 9.80 Å². The summed E-state index contributed by atoms with van der Waals surface area (Å²) < 4.78 is 5.43. The minimum Gasteiger partial charge on any atom is -0.378 e. The summed E-state index contributed by atoms with van der Waals surface area (Å²) in [6.45, 7) is 4.80. The van der Waals surface area contributed by atoms with E-state index in [9.17, 15) is 9.59 Å². The van der Waals surface area contributed by atoms with Crippen LogP contribution in [0.2, 0.25) is 5.02 Å². The molecule has 0 bridgehead atoms. The molecular weight excluding hydrogens is 378 g/mol. The molecule has 3 aliphatic rings. The molecule has 3 saturated heterocycles. The van der Waals surface area contributed by atoms with E-state index >= 15 is 0 Å². The number of carbonyl (C=O) groups excluding carboxylic acids is 2. The van der Waals surface area contributed by atoms with Gasteiger partial charge in [-0.2, -0.15) is 0 Å². The second-order valence-corrected chi connectivity index (χ2v) is 8.58. The number of morpholine rings is 1. The van der Waals surface area contributed by atoms with Crippen molar-refractivity contribution in [2.45, 2.75) is 25.3 Å². The van der Waals surface area contributed by atoms with E-state index < -0.39 is 0 Å². The third-order valence-electron chi connectivity index (χ3n) is 6.68. The van der Waals surface area contributed by atoms with Crippen molar-refractivity contribution in [1.29, 1.82) is 0 Å². The van der Waals surface area contributed by atoms with Crippen molar-refractivity contribution < 1.29 is 14.3 Å². The van der Waals surface area contributed by atoms with Gasteiger partial charge in [0.15, 0.2) is 0 Å². The number of halogens is 1. The first kappa shape index (κ1) is 19.7. The zero-order valence-corrected chi connectivity index (χ0v) is 17.2. The van der Waals surface area contributed by atoms with Crippen molar-refractivity contribution in [2.75, 3.05) is 53.0 Å². The van der Waals surface area contributed by atoms with Crippen LogP contribution >= 0.6 is 11.6 Å². The summed E-state index contributed by atoms with van der Waals surface area (Å²) in [5.74, 6) is 0.277. The van der Waals surface area contributed by atoms with Crippen LogP contribution in [0, 0.1) is 5.41 Å². The molecule has 1 aromatic carbocycles. The number of likely N-dealkylation sites (tertiary alicyclic amines) is 2. The van der Waals surface area contributed by atoms with E-state index in [2.05, 4.69) is 11.9 Å². The zero-order chi connectivity index (χ0) is 19.7. The van der Waals surface area contributed by atoms with Crippen LogP contribution in [0.25, 0.3) is 0 Å². The average molecular weight is 406 g/mol. The fourth-order valence-corrected chi connectivity index (χ4v) is 5.17. The molecule has 0 unspecified atom stereocenters. The van der Waals surface area contributed by atoms with Crippen molar-refractivity contribution in [2.24, 2.45) is 5.41 Å². The second kappa shape index (κ2) is 8.01. The van der Waals surface area contributed by atoms with Gasteiger partial charge in [0, 0.05) is 42.8 Å². The van der Waals surface area contributed by atoms with Gasteiger partial charge >= 0.3 is 0 Å². The molecule has 3 fully saturated rings. The van der Waals surface area contributed by atoms with Crippen LogP contribution in [0.3, 0.4) is 0 Å². The molecule has 1 aromatic rings. The highest BCUT2D eigenvalue weighted by Gasteiger charge is 2.54. The van der Waals surface area contributed by atoms with Crippen LogP contribution in [-0.4, -0.2) is 85.5 Å². The molecule has 7 heteroatoms. The first-order chi connectivity index (χ1) is 13.5. The third kappa shape index (κ3) is 3.53. The van der Waals surface area contributed by atoms with Crippen LogP contribution in [-0.2, 0) is 9.53 Å². The zero-order valence-electron chi connectivity index (χ0n) is 16.4. The molecule has 0 aromatic heterocycles. The van der Waals surface area contributed by atoms with E-state index in [0.717, 1.165) is 25.8 Å². The molecule has 3 aliphatic heterocycles. The van der Waals surface area contributed by atoms with E-state index in [0.29, 0.717) is 50.0 Å². The monoisotopic (exact) mass is 405 g/mol. The lowest BCUT2D eigenvalue weighted by atomic mass is 9.75. The number of ether oxygens (including phenoxy) is 1. The van der Waals surface area contributed by atoms with Crippen LogP contribution in [0.1, 0.15) is 29.6 Å². The summed E-state index contributed by atoms with van der Waals surface area (Å²) >= 11 is 5.95. The molecule has 0 radical (unpaired) electrons. The van der Waals surface area contributed by atoms with Gasteiger partial charge in [-0.1, -0.05) is 11.6 Å². The normalized spacial score (nSPS) is 28.7. The van der Waals surface area contributed by atoms with Gasteiger partial charge in [0.05, 0.1) is 18.6 Å². The van der Waals surface area contributed by atoms with Crippen LogP contribution in [0.4, 0.5) is 0 Å². The smallest absolute Gasteiger partial charge is 0.253 e. The number of nitrogens with zero attached hydrogens (tertiary/aromatic N) is 3. The van der Waals surface area contributed by atoms with E-state index in [-0.39, 0.29) is 23.3 Å². The number of amides is 2. The Morgan fingerprint density at radius 3 is 2.39 bits per heavy atom. The molecule has 6 nitrogen and oxygen atoms in total. The number of hydrogen-bond donors (Lipinski definition) is 0. The first-order valence-corrected chi connectivity index (χ1v) is 10.5. The standard InChI is InChI=1S/C21H28ClN3O3/c1-23-10-7-21(20(27)25-12-14-28-15-13-25)8-11-24(9-6-18(21)23)19(26)16-2-4-17(22)5-3-16/h2-5,18H,6-15H2,1H3/t18-,21-/m1/s1.